The van der Waals surface area contributed by atoms with Crippen LogP contribution in [0.4, 0.5) is 13.2 Å². The molecule has 1 heterocycles. The minimum Gasteiger partial charge on any atom is -0.386 e. The van der Waals surface area contributed by atoms with Crippen LogP contribution >= 0.6 is 0 Å². The van der Waals surface area contributed by atoms with E-state index in [-0.39, 0.29) is 18.7 Å². The molecule has 106 valence electrons. The van der Waals surface area contributed by atoms with E-state index in [0.717, 1.165) is 0 Å². The Hall–Kier alpha value is -1.11. The van der Waals surface area contributed by atoms with Gasteiger partial charge in [0.15, 0.2) is 0 Å². The predicted molar refractivity (Wildman–Crippen MR) is 63.6 cm³/mol. The first-order valence-electron chi connectivity index (χ1n) is 6.06. The fraction of sp³-hybridized carbons (Fsp3) is 0.538. The molecule has 1 fully saturated rings. The maximum Gasteiger partial charge on any atom is 0.407 e. The molecule has 1 aromatic carbocycles. The van der Waals surface area contributed by atoms with Gasteiger partial charge >= 0.3 is 6.18 Å². The summed E-state index contributed by atoms with van der Waals surface area (Å²) in [6.45, 7) is 0.297. The van der Waals surface area contributed by atoms with Crippen LogP contribution in [0.15, 0.2) is 30.3 Å². The van der Waals surface area contributed by atoms with Crippen LogP contribution in [0, 0.1) is 0 Å². The first-order chi connectivity index (χ1) is 8.91. The predicted octanol–water partition coefficient (Wildman–Crippen LogP) is 2.03. The van der Waals surface area contributed by atoms with Crippen LogP contribution in [0.3, 0.4) is 0 Å². The summed E-state index contributed by atoms with van der Waals surface area (Å²) in [5, 5.41) is 12.4. The molecule has 3 nitrogen and oxygen atoms in total. The van der Waals surface area contributed by atoms with Crippen molar-refractivity contribution < 1.29 is 23.0 Å². The van der Waals surface area contributed by atoms with Gasteiger partial charge in [0.05, 0.1) is 6.61 Å². The molecule has 19 heavy (non-hydrogen) atoms. The molecule has 2 rings (SSSR count). The zero-order chi connectivity index (χ0) is 13.9. The zero-order valence-corrected chi connectivity index (χ0v) is 10.3. The van der Waals surface area contributed by atoms with Gasteiger partial charge in [-0.05, 0) is 5.56 Å². The van der Waals surface area contributed by atoms with Crippen molar-refractivity contribution in [1.82, 2.24) is 5.32 Å². The summed E-state index contributed by atoms with van der Waals surface area (Å²) in [7, 11) is 0. The number of nitrogens with one attached hydrogen (secondary N) is 1. The van der Waals surface area contributed by atoms with Gasteiger partial charge in [0.25, 0.3) is 0 Å². The van der Waals surface area contributed by atoms with Crippen LogP contribution in [0.25, 0.3) is 0 Å². The highest BCUT2D eigenvalue weighted by Gasteiger charge is 2.42. The molecule has 0 aromatic heterocycles. The molecule has 0 bridgehead atoms. The fourth-order valence-electron chi connectivity index (χ4n) is 2.10. The molecular formula is C13H16F3NO2. The molecule has 2 N–H and O–H groups in total. The molecule has 0 radical (unpaired) electrons. The van der Waals surface area contributed by atoms with E-state index in [1.807, 2.05) is 0 Å². The van der Waals surface area contributed by atoms with Gasteiger partial charge in [-0.15, -0.1) is 0 Å². The molecule has 1 aliphatic rings. The number of benzene rings is 1. The Morgan fingerprint density at radius 1 is 1.32 bits per heavy atom. The number of hydrogen-bond acceptors (Lipinski definition) is 3. The smallest absolute Gasteiger partial charge is 0.386 e. The number of alkyl halides is 3. The molecule has 2 unspecified atom stereocenters. The summed E-state index contributed by atoms with van der Waals surface area (Å²) in [6, 6.07) is 5.83. The van der Waals surface area contributed by atoms with E-state index in [0.29, 0.717) is 13.0 Å². The second-order valence-electron chi connectivity index (χ2n) is 4.79. The molecule has 6 heteroatoms. The summed E-state index contributed by atoms with van der Waals surface area (Å²) in [5.41, 5.74) is -1.07. The molecule has 2 atom stereocenters. The second-order valence-corrected chi connectivity index (χ2v) is 4.79. The van der Waals surface area contributed by atoms with Crippen molar-refractivity contribution in [2.24, 2.45) is 0 Å². The lowest BCUT2D eigenvalue weighted by atomic mass is 10.0. The molecule has 0 spiro atoms. The number of hydrogen-bond donors (Lipinski definition) is 2. The van der Waals surface area contributed by atoms with Gasteiger partial charge in [-0.25, -0.2) is 0 Å². The van der Waals surface area contributed by atoms with Crippen LogP contribution in [0.2, 0.25) is 0 Å². The summed E-state index contributed by atoms with van der Waals surface area (Å²) >= 11 is 0. The maximum absolute atomic E-state index is 13.0. The van der Waals surface area contributed by atoms with Crippen molar-refractivity contribution in [3.8, 4) is 0 Å². The third-order valence-corrected chi connectivity index (χ3v) is 3.18. The Balaban J connectivity index is 2.07. The van der Waals surface area contributed by atoms with E-state index < -0.39 is 17.8 Å². The van der Waals surface area contributed by atoms with Crippen LogP contribution < -0.4 is 5.32 Å². The van der Waals surface area contributed by atoms with E-state index in [2.05, 4.69) is 5.32 Å². The molecule has 0 aliphatic carbocycles. The van der Waals surface area contributed by atoms with Crippen LogP contribution in [0.5, 0.6) is 0 Å². The van der Waals surface area contributed by atoms with E-state index in [4.69, 9.17) is 4.74 Å². The Bertz CT molecular complexity index is 402. The number of aliphatic hydroxyl groups is 1. The Kier molecular flexibility index (Phi) is 4.13. The first-order valence-corrected chi connectivity index (χ1v) is 6.06. The average molecular weight is 275 g/mol. The molecule has 1 aromatic rings. The highest BCUT2D eigenvalue weighted by molar-refractivity contribution is 5.20. The SMILES string of the molecule is OC1(CNC(c2ccccc2)C(F)(F)F)CCOC1. The Labute approximate surface area is 109 Å². The molecule has 0 saturated carbocycles. The van der Waals surface area contributed by atoms with Crippen LogP contribution in [-0.4, -0.2) is 36.6 Å². The van der Waals surface area contributed by atoms with Crippen molar-refractivity contribution in [2.75, 3.05) is 19.8 Å². The van der Waals surface area contributed by atoms with Crippen molar-refractivity contribution >= 4 is 0 Å². The lowest BCUT2D eigenvalue weighted by molar-refractivity contribution is -0.160. The Morgan fingerprint density at radius 3 is 2.53 bits per heavy atom. The normalized spacial score (nSPS) is 25.5. The standard InChI is InChI=1S/C13H16F3NO2/c14-13(15,16)11(10-4-2-1-3-5-10)17-8-12(18)6-7-19-9-12/h1-5,11,17-18H,6-9H2. The van der Waals surface area contributed by atoms with Gasteiger partial charge < -0.3 is 9.84 Å². The third kappa shape index (κ3) is 3.68. The van der Waals surface area contributed by atoms with Crippen molar-refractivity contribution in [3.63, 3.8) is 0 Å². The van der Waals surface area contributed by atoms with Crippen LogP contribution in [-0.2, 0) is 4.74 Å². The average Bonchev–Trinajstić information content (AvgIpc) is 2.76. The summed E-state index contributed by atoms with van der Waals surface area (Å²) in [6.07, 6.45) is -4.06. The highest BCUT2D eigenvalue weighted by Crippen LogP contribution is 2.33. The quantitative estimate of drug-likeness (QED) is 0.883. The third-order valence-electron chi connectivity index (χ3n) is 3.18. The molecule has 0 amide bonds. The lowest BCUT2D eigenvalue weighted by Crippen LogP contribution is -2.45. The van der Waals surface area contributed by atoms with Crippen molar-refractivity contribution in [3.05, 3.63) is 35.9 Å². The minimum atomic E-state index is -4.41. The molecule has 1 aliphatic heterocycles. The zero-order valence-electron chi connectivity index (χ0n) is 10.3. The highest BCUT2D eigenvalue weighted by atomic mass is 19.4. The summed E-state index contributed by atoms with van der Waals surface area (Å²) < 4.78 is 44.1. The van der Waals surface area contributed by atoms with Gasteiger partial charge in [-0.3, -0.25) is 5.32 Å². The van der Waals surface area contributed by atoms with Gasteiger partial charge in [0, 0.05) is 19.6 Å². The van der Waals surface area contributed by atoms with E-state index >= 15 is 0 Å². The summed E-state index contributed by atoms with van der Waals surface area (Å²) in [5.74, 6) is 0. The van der Waals surface area contributed by atoms with Gasteiger partial charge in [0.2, 0.25) is 0 Å². The van der Waals surface area contributed by atoms with Crippen molar-refractivity contribution in [2.45, 2.75) is 24.2 Å². The summed E-state index contributed by atoms with van der Waals surface area (Å²) in [4.78, 5) is 0. The molecule has 1 saturated heterocycles. The Morgan fingerprint density at radius 2 is 2.00 bits per heavy atom. The van der Waals surface area contributed by atoms with Gasteiger partial charge in [-0.1, -0.05) is 30.3 Å². The second kappa shape index (κ2) is 5.48. The van der Waals surface area contributed by atoms with Gasteiger partial charge in [-0.2, -0.15) is 13.2 Å². The number of ether oxygens (including phenoxy) is 1. The number of halogens is 3. The van der Waals surface area contributed by atoms with E-state index in [1.54, 1.807) is 18.2 Å². The van der Waals surface area contributed by atoms with E-state index in [9.17, 15) is 18.3 Å². The molecular weight excluding hydrogens is 259 g/mol. The van der Waals surface area contributed by atoms with Crippen molar-refractivity contribution in [1.29, 1.82) is 0 Å². The maximum atomic E-state index is 13.0. The van der Waals surface area contributed by atoms with Crippen LogP contribution in [0.1, 0.15) is 18.0 Å². The monoisotopic (exact) mass is 275 g/mol. The fourth-order valence-corrected chi connectivity index (χ4v) is 2.10. The first kappa shape index (κ1) is 14.3. The minimum absolute atomic E-state index is 0.0688. The largest absolute Gasteiger partial charge is 0.407 e. The van der Waals surface area contributed by atoms with Gasteiger partial charge in [0.1, 0.15) is 11.6 Å². The number of rotatable bonds is 4. The topological polar surface area (TPSA) is 41.5 Å². The van der Waals surface area contributed by atoms with E-state index in [1.165, 1.54) is 12.1 Å². The lowest BCUT2D eigenvalue weighted by Gasteiger charge is -2.27.